The molecule has 0 bridgehead atoms. The summed E-state index contributed by atoms with van der Waals surface area (Å²) in [6, 6.07) is 0.115. The Bertz CT molecular complexity index is 526. The average molecular weight is 338 g/mol. The van der Waals surface area contributed by atoms with E-state index < -0.39 is 0 Å². The van der Waals surface area contributed by atoms with Crippen molar-refractivity contribution in [2.75, 3.05) is 18.4 Å². The first-order valence-electron chi connectivity index (χ1n) is 8.36. The highest BCUT2D eigenvalue weighted by atomic mass is 32.1. The van der Waals surface area contributed by atoms with Crippen LogP contribution in [0.3, 0.4) is 0 Å². The lowest BCUT2D eigenvalue weighted by atomic mass is 9.96. The molecule has 2 N–H and O–H groups in total. The summed E-state index contributed by atoms with van der Waals surface area (Å²) in [6.45, 7) is 4.57. The number of nitrogens with one attached hydrogen (secondary N) is 2. The highest BCUT2D eigenvalue weighted by molar-refractivity contribution is 7.15. The summed E-state index contributed by atoms with van der Waals surface area (Å²) in [5.41, 5.74) is 0. The van der Waals surface area contributed by atoms with Crippen molar-refractivity contribution in [1.29, 1.82) is 0 Å². The fraction of sp³-hybridized carbons (Fsp3) is 0.688. The lowest BCUT2D eigenvalue weighted by Gasteiger charge is -2.27. The molecule has 3 amide bonds. The van der Waals surface area contributed by atoms with Gasteiger partial charge in [0.05, 0.1) is 0 Å². The third-order valence-corrected chi connectivity index (χ3v) is 4.74. The molecule has 1 saturated carbocycles. The van der Waals surface area contributed by atoms with Gasteiger partial charge in [-0.1, -0.05) is 26.2 Å². The maximum Gasteiger partial charge on any atom is 0.318 e. The maximum absolute atomic E-state index is 12.4. The summed E-state index contributed by atoms with van der Waals surface area (Å²) < 4.78 is 0. The molecule has 128 valence electrons. The van der Waals surface area contributed by atoms with Crippen LogP contribution in [-0.2, 0) is 4.79 Å². The van der Waals surface area contributed by atoms with Gasteiger partial charge in [-0.3, -0.25) is 4.79 Å². The van der Waals surface area contributed by atoms with E-state index in [-0.39, 0.29) is 24.5 Å². The Kier molecular flexibility index (Phi) is 6.83. The van der Waals surface area contributed by atoms with E-state index in [9.17, 15) is 9.59 Å². The topological polar surface area (TPSA) is 74.3 Å². The van der Waals surface area contributed by atoms with E-state index in [1.54, 1.807) is 11.1 Å². The number of anilines is 1. The molecule has 0 spiro atoms. The minimum atomic E-state index is -0.202. The Morgan fingerprint density at radius 2 is 2.09 bits per heavy atom. The first kappa shape index (κ1) is 17.7. The standard InChI is InChI=1S/C16H26N4O2S/c1-3-9-20(16(22)18-13-7-5-4-6-8-13)11-14(21)19-15-17-10-12(2)23-15/h10,13H,3-9,11H2,1-2H3,(H,18,22)(H,17,19,21). The number of thiazole rings is 1. The third kappa shape index (κ3) is 5.82. The van der Waals surface area contributed by atoms with E-state index in [4.69, 9.17) is 0 Å². The Balaban J connectivity index is 1.86. The second-order valence-corrected chi connectivity index (χ2v) is 7.26. The van der Waals surface area contributed by atoms with E-state index in [0.717, 1.165) is 24.1 Å². The van der Waals surface area contributed by atoms with Crippen LogP contribution >= 0.6 is 11.3 Å². The Morgan fingerprint density at radius 1 is 1.35 bits per heavy atom. The Morgan fingerprint density at radius 3 is 2.70 bits per heavy atom. The van der Waals surface area contributed by atoms with Gasteiger partial charge in [-0.05, 0) is 26.2 Å². The minimum absolute atomic E-state index is 0.0605. The van der Waals surface area contributed by atoms with Crippen molar-refractivity contribution in [3.8, 4) is 0 Å². The van der Waals surface area contributed by atoms with Gasteiger partial charge < -0.3 is 15.5 Å². The summed E-state index contributed by atoms with van der Waals surface area (Å²) in [5.74, 6) is -0.202. The van der Waals surface area contributed by atoms with E-state index in [1.807, 2.05) is 13.8 Å². The molecule has 0 saturated heterocycles. The second-order valence-electron chi connectivity index (χ2n) is 6.03. The molecule has 2 rings (SSSR count). The largest absolute Gasteiger partial charge is 0.335 e. The molecule has 6 nitrogen and oxygen atoms in total. The fourth-order valence-electron chi connectivity index (χ4n) is 2.78. The first-order valence-corrected chi connectivity index (χ1v) is 9.18. The smallest absolute Gasteiger partial charge is 0.318 e. The minimum Gasteiger partial charge on any atom is -0.335 e. The number of hydrogen-bond donors (Lipinski definition) is 2. The molecule has 1 aromatic heterocycles. The van der Waals surface area contributed by atoms with Gasteiger partial charge in [0.1, 0.15) is 6.54 Å². The summed E-state index contributed by atoms with van der Waals surface area (Å²) in [4.78, 5) is 31.3. The normalized spacial score (nSPS) is 15.2. The summed E-state index contributed by atoms with van der Waals surface area (Å²) in [6.07, 6.45) is 8.21. The molecule has 1 aliphatic rings. The van der Waals surface area contributed by atoms with Crippen LogP contribution in [0.15, 0.2) is 6.20 Å². The van der Waals surface area contributed by atoms with Gasteiger partial charge in [0, 0.05) is 23.7 Å². The number of urea groups is 1. The van der Waals surface area contributed by atoms with E-state index in [2.05, 4.69) is 15.6 Å². The predicted molar refractivity (Wildman–Crippen MR) is 92.7 cm³/mol. The second kappa shape index (κ2) is 8.86. The average Bonchev–Trinajstić information content (AvgIpc) is 2.92. The van der Waals surface area contributed by atoms with Gasteiger partial charge in [-0.2, -0.15) is 0 Å². The number of carbonyl (C=O) groups is 2. The molecule has 0 unspecified atom stereocenters. The molecular weight excluding hydrogens is 312 g/mol. The van der Waals surface area contributed by atoms with Crippen LogP contribution in [-0.4, -0.2) is 41.0 Å². The molecule has 0 radical (unpaired) electrons. The summed E-state index contributed by atoms with van der Waals surface area (Å²) in [5, 5.41) is 6.41. The van der Waals surface area contributed by atoms with Gasteiger partial charge in [0.25, 0.3) is 0 Å². The van der Waals surface area contributed by atoms with Crippen molar-refractivity contribution in [3.05, 3.63) is 11.1 Å². The van der Waals surface area contributed by atoms with Crippen molar-refractivity contribution < 1.29 is 9.59 Å². The van der Waals surface area contributed by atoms with Crippen LogP contribution in [0.2, 0.25) is 0 Å². The van der Waals surface area contributed by atoms with Crippen LogP contribution in [0.1, 0.15) is 50.3 Å². The van der Waals surface area contributed by atoms with Gasteiger partial charge in [-0.15, -0.1) is 11.3 Å². The number of rotatable bonds is 6. The van der Waals surface area contributed by atoms with Crippen molar-refractivity contribution in [2.24, 2.45) is 0 Å². The number of amides is 3. The first-order chi connectivity index (χ1) is 11.1. The molecule has 1 heterocycles. The monoisotopic (exact) mass is 338 g/mol. The number of nitrogens with zero attached hydrogens (tertiary/aromatic N) is 2. The lowest BCUT2D eigenvalue weighted by molar-refractivity contribution is -0.116. The molecular formula is C16H26N4O2S. The van der Waals surface area contributed by atoms with Crippen LogP contribution in [0.5, 0.6) is 0 Å². The quantitative estimate of drug-likeness (QED) is 0.837. The number of aryl methyl sites for hydroxylation is 1. The molecule has 1 aromatic rings. The van der Waals surface area contributed by atoms with Crippen molar-refractivity contribution in [3.63, 3.8) is 0 Å². The zero-order chi connectivity index (χ0) is 16.7. The zero-order valence-electron chi connectivity index (χ0n) is 13.9. The molecule has 1 fully saturated rings. The predicted octanol–water partition coefficient (Wildman–Crippen LogP) is 3.14. The van der Waals surface area contributed by atoms with Crippen LogP contribution < -0.4 is 10.6 Å². The van der Waals surface area contributed by atoms with Crippen molar-refractivity contribution >= 4 is 28.4 Å². The molecule has 0 aromatic carbocycles. The van der Waals surface area contributed by atoms with Crippen LogP contribution in [0.4, 0.5) is 9.93 Å². The van der Waals surface area contributed by atoms with E-state index in [1.165, 1.54) is 30.6 Å². The Labute approximate surface area is 141 Å². The van der Waals surface area contributed by atoms with Crippen LogP contribution in [0.25, 0.3) is 0 Å². The van der Waals surface area contributed by atoms with E-state index in [0.29, 0.717) is 11.7 Å². The lowest BCUT2D eigenvalue weighted by Crippen LogP contribution is -2.48. The molecule has 0 atom stereocenters. The van der Waals surface area contributed by atoms with Gasteiger partial charge >= 0.3 is 6.03 Å². The van der Waals surface area contributed by atoms with Crippen molar-refractivity contribution in [1.82, 2.24) is 15.2 Å². The Hall–Kier alpha value is -1.63. The van der Waals surface area contributed by atoms with Gasteiger partial charge in [0.15, 0.2) is 5.13 Å². The highest BCUT2D eigenvalue weighted by Crippen LogP contribution is 2.18. The van der Waals surface area contributed by atoms with E-state index >= 15 is 0 Å². The SMILES string of the molecule is CCCN(CC(=O)Nc1ncc(C)s1)C(=O)NC1CCCCC1. The molecule has 0 aliphatic heterocycles. The third-order valence-electron chi connectivity index (χ3n) is 3.92. The summed E-state index contributed by atoms with van der Waals surface area (Å²) in [7, 11) is 0. The maximum atomic E-state index is 12.4. The van der Waals surface area contributed by atoms with Gasteiger partial charge in [0.2, 0.25) is 5.91 Å². The van der Waals surface area contributed by atoms with Crippen molar-refractivity contribution in [2.45, 2.75) is 58.4 Å². The fourth-order valence-corrected chi connectivity index (χ4v) is 3.46. The number of carbonyl (C=O) groups excluding carboxylic acids is 2. The van der Waals surface area contributed by atoms with Crippen LogP contribution in [0, 0.1) is 6.92 Å². The number of hydrogen-bond acceptors (Lipinski definition) is 4. The highest BCUT2D eigenvalue weighted by Gasteiger charge is 2.21. The molecule has 1 aliphatic carbocycles. The number of aromatic nitrogens is 1. The molecule has 7 heteroatoms. The van der Waals surface area contributed by atoms with Gasteiger partial charge in [-0.25, -0.2) is 9.78 Å². The molecule has 23 heavy (non-hydrogen) atoms. The zero-order valence-corrected chi connectivity index (χ0v) is 14.7. The summed E-state index contributed by atoms with van der Waals surface area (Å²) >= 11 is 1.43.